The molecule has 2 aliphatic rings. The molecule has 0 aromatic heterocycles. The van der Waals surface area contributed by atoms with Crippen LogP contribution in [0.5, 0.6) is 5.75 Å². The number of sulfonamides is 1. The number of ether oxygens (including phenoxy) is 1. The lowest BCUT2D eigenvalue weighted by molar-refractivity contribution is 0.0934. The molecule has 1 amide bonds. The average Bonchev–Trinajstić information content (AvgIpc) is 2.88. The molecular formula is C26H26N2O4S2. The molecule has 5 rings (SSSR count). The average molecular weight is 495 g/mol. The zero-order valence-electron chi connectivity index (χ0n) is 18.9. The Morgan fingerprint density at radius 3 is 2.74 bits per heavy atom. The third kappa shape index (κ3) is 4.16. The Balaban J connectivity index is 1.48. The van der Waals surface area contributed by atoms with Gasteiger partial charge >= 0.3 is 0 Å². The number of hydrogen-bond acceptors (Lipinski definition) is 5. The van der Waals surface area contributed by atoms with Crippen LogP contribution in [0.2, 0.25) is 0 Å². The summed E-state index contributed by atoms with van der Waals surface area (Å²) in [6, 6.07) is 20.1. The summed E-state index contributed by atoms with van der Waals surface area (Å²) in [5.41, 5.74) is 3.07. The first kappa shape index (κ1) is 22.8. The van der Waals surface area contributed by atoms with Gasteiger partial charge < -0.3 is 10.1 Å². The maximum Gasteiger partial charge on any atom is 0.268 e. The number of carbonyl (C=O) groups is 1. The molecule has 1 unspecified atom stereocenters. The number of nitrogens with one attached hydrogen (secondary N) is 1. The summed E-state index contributed by atoms with van der Waals surface area (Å²) in [5, 5.41) is 3.10. The molecule has 1 atom stereocenters. The maximum atomic E-state index is 13.8. The number of fused-ring (bicyclic) bond motifs is 2. The largest absolute Gasteiger partial charge is 0.495 e. The monoisotopic (exact) mass is 494 g/mol. The summed E-state index contributed by atoms with van der Waals surface area (Å²) in [4.78, 5) is 14.4. The highest BCUT2D eigenvalue weighted by Crippen LogP contribution is 2.37. The van der Waals surface area contributed by atoms with Crippen molar-refractivity contribution in [2.24, 2.45) is 0 Å². The first-order chi connectivity index (χ1) is 16.5. The van der Waals surface area contributed by atoms with Gasteiger partial charge in [-0.2, -0.15) is 0 Å². The number of carbonyl (C=O) groups excluding carboxylic acids is 1. The molecule has 34 heavy (non-hydrogen) atoms. The first-order valence-electron chi connectivity index (χ1n) is 11.3. The summed E-state index contributed by atoms with van der Waals surface area (Å²) < 4.78 is 34.4. The van der Waals surface area contributed by atoms with Crippen LogP contribution < -0.4 is 14.4 Å². The van der Waals surface area contributed by atoms with Gasteiger partial charge in [-0.3, -0.25) is 9.10 Å². The highest BCUT2D eigenvalue weighted by atomic mass is 32.2. The fraction of sp³-hybridized carbons (Fsp3) is 0.269. The molecule has 0 aliphatic carbocycles. The molecule has 2 aliphatic heterocycles. The second-order valence-corrected chi connectivity index (χ2v) is 11.3. The Labute approximate surface area is 204 Å². The number of thioether (sulfide) groups is 1. The van der Waals surface area contributed by atoms with Crippen molar-refractivity contribution < 1.29 is 17.9 Å². The third-order valence-electron chi connectivity index (χ3n) is 6.33. The molecule has 8 heteroatoms. The summed E-state index contributed by atoms with van der Waals surface area (Å²) in [6.07, 6.45) is 2.39. The predicted octanol–water partition coefficient (Wildman–Crippen LogP) is 4.80. The fourth-order valence-electron chi connectivity index (χ4n) is 4.62. The van der Waals surface area contributed by atoms with Crippen molar-refractivity contribution in [3.63, 3.8) is 0 Å². The zero-order chi connectivity index (χ0) is 23.7. The van der Waals surface area contributed by atoms with Gasteiger partial charge in [0.2, 0.25) is 0 Å². The molecule has 6 nitrogen and oxygen atoms in total. The van der Waals surface area contributed by atoms with E-state index in [-0.39, 0.29) is 22.6 Å². The molecular weight excluding hydrogens is 468 g/mol. The van der Waals surface area contributed by atoms with E-state index in [1.54, 1.807) is 23.9 Å². The lowest BCUT2D eigenvalue weighted by atomic mass is 10.0. The van der Waals surface area contributed by atoms with E-state index in [0.29, 0.717) is 17.8 Å². The molecule has 3 aromatic carbocycles. The van der Waals surface area contributed by atoms with Crippen LogP contribution in [0.15, 0.2) is 76.5 Å². The number of para-hydroxylation sites is 1. The van der Waals surface area contributed by atoms with Crippen LogP contribution in [0.1, 0.15) is 40.4 Å². The molecule has 176 valence electrons. The van der Waals surface area contributed by atoms with Crippen LogP contribution in [0, 0.1) is 0 Å². The summed E-state index contributed by atoms with van der Waals surface area (Å²) in [7, 11) is -2.49. The van der Waals surface area contributed by atoms with Crippen molar-refractivity contribution in [2.75, 3.05) is 23.7 Å². The Morgan fingerprint density at radius 2 is 1.88 bits per heavy atom. The number of methoxy groups -OCH3 is 1. The van der Waals surface area contributed by atoms with Crippen LogP contribution in [-0.4, -0.2) is 33.7 Å². The van der Waals surface area contributed by atoms with E-state index in [9.17, 15) is 13.2 Å². The molecule has 0 saturated heterocycles. The standard InChI is InChI=1S/C26H26N2O4S2/c1-32-23-13-12-19(26(29)27-21-14-16-33-24-11-5-3-9-20(21)24)17-25(23)34(30,31)28-15-6-8-18-7-2-4-10-22(18)28/h2-5,7,9-13,17,21H,6,8,14-16H2,1H3,(H,27,29). The fourth-order valence-corrected chi connectivity index (χ4v) is 7.47. The van der Waals surface area contributed by atoms with Gasteiger partial charge in [-0.25, -0.2) is 8.42 Å². The summed E-state index contributed by atoms with van der Waals surface area (Å²) >= 11 is 1.78. The normalized spacial score (nSPS) is 17.4. The van der Waals surface area contributed by atoms with Crippen molar-refractivity contribution in [3.05, 3.63) is 83.4 Å². The van der Waals surface area contributed by atoms with E-state index in [1.165, 1.54) is 22.4 Å². The number of anilines is 1. The van der Waals surface area contributed by atoms with Crippen LogP contribution in [0.4, 0.5) is 5.69 Å². The minimum Gasteiger partial charge on any atom is -0.495 e. The predicted molar refractivity (Wildman–Crippen MR) is 134 cm³/mol. The maximum absolute atomic E-state index is 13.8. The number of nitrogens with zero attached hydrogens (tertiary/aromatic N) is 1. The lowest BCUT2D eigenvalue weighted by Crippen LogP contribution is -2.36. The minimum atomic E-state index is -3.93. The highest BCUT2D eigenvalue weighted by molar-refractivity contribution is 7.99. The van der Waals surface area contributed by atoms with Crippen molar-refractivity contribution in [1.82, 2.24) is 5.32 Å². The van der Waals surface area contributed by atoms with Crippen molar-refractivity contribution in [1.29, 1.82) is 0 Å². The minimum absolute atomic E-state index is 0.000970. The van der Waals surface area contributed by atoms with E-state index in [2.05, 4.69) is 11.4 Å². The van der Waals surface area contributed by atoms with Crippen LogP contribution in [0.3, 0.4) is 0 Å². The molecule has 0 saturated carbocycles. The van der Waals surface area contributed by atoms with Gasteiger partial charge in [-0.15, -0.1) is 11.8 Å². The number of amides is 1. The SMILES string of the molecule is COc1ccc(C(=O)NC2CCSc3ccccc32)cc1S(=O)(=O)N1CCCc2ccccc21. The molecule has 0 radical (unpaired) electrons. The highest BCUT2D eigenvalue weighted by Gasteiger charge is 2.32. The van der Waals surface area contributed by atoms with Gasteiger partial charge in [0.05, 0.1) is 18.8 Å². The van der Waals surface area contributed by atoms with Crippen molar-refractivity contribution in [3.8, 4) is 5.75 Å². The molecule has 1 N–H and O–H groups in total. The summed E-state index contributed by atoms with van der Waals surface area (Å²) in [5.74, 6) is 0.835. The zero-order valence-corrected chi connectivity index (χ0v) is 20.5. The van der Waals surface area contributed by atoms with Crippen molar-refractivity contribution in [2.45, 2.75) is 35.1 Å². The number of hydrogen-bond donors (Lipinski definition) is 1. The van der Waals surface area contributed by atoms with Gasteiger partial charge in [-0.1, -0.05) is 36.4 Å². The van der Waals surface area contributed by atoms with Gasteiger partial charge in [0, 0.05) is 22.8 Å². The van der Waals surface area contributed by atoms with Gasteiger partial charge in [0.15, 0.2) is 0 Å². The van der Waals surface area contributed by atoms with E-state index in [0.717, 1.165) is 36.1 Å². The lowest BCUT2D eigenvalue weighted by Gasteiger charge is -2.31. The Hall–Kier alpha value is -2.97. The van der Waals surface area contributed by atoms with Gasteiger partial charge in [0.1, 0.15) is 10.6 Å². The quantitative estimate of drug-likeness (QED) is 0.551. The van der Waals surface area contributed by atoms with Crippen LogP contribution in [-0.2, 0) is 16.4 Å². The number of aryl methyl sites for hydroxylation is 1. The molecule has 0 bridgehead atoms. The van der Waals surface area contributed by atoms with Gasteiger partial charge in [-0.05, 0) is 60.7 Å². The van der Waals surface area contributed by atoms with E-state index in [4.69, 9.17) is 4.74 Å². The smallest absolute Gasteiger partial charge is 0.268 e. The molecule has 0 spiro atoms. The Kier molecular flexibility index (Phi) is 6.27. The van der Waals surface area contributed by atoms with E-state index in [1.807, 2.05) is 42.5 Å². The van der Waals surface area contributed by atoms with Crippen LogP contribution >= 0.6 is 11.8 Å². The van der Waals surface area contributed by atoms with E-state index >= 15 is 0 Å². The van der Waals surface area contributed by atoms with Crippen molar-refractivity contribution >= 4 is 33.4 Å². The number of rotatable bonds is 5. The third-order valence-corrected chi connectivity index (χ3v) is 9.28. The molecule has 3 aromatic rings. The molecule has 0 fully saturated rings. The number of benzene rings is 3. The second kappa shape index (κ2) is 9.35. The molecule has 2 heterocycles. The van der Waals surface area contributed by atoms with Crippen LogP contribution in [0.25, 0.3) is 0 Å². The topological polar surface area (TPSA) is 75.7 Å². The Morgan fingerprint density at radius 1 is 1.09 bits per heavy atom. The Bertz CT molecular complexity index is 1340. The second-order valence-electron chi connectivity index (χ2n) is 8.38. The van der Waals surface area contributed by atoms with E-state index < -0.39 is 10.0 Å². The summed E-state index contributed by atoms with van der Waals surface area (Å²) in [6.45, 7) is 0.384. The first-order valence-corrected chi connectivity index (χ1v) is 13.7. The van der Waals surface area contributed by atoms with Gasteiger partial charge in [0.25, 0.3) is 15.9 Å².